The number of benzene rings is 2. The number of hydrazone groups is 1. The fraction of sp³-hybridized carbons (Fsp3) is 0.400. The molecule has 0 aromatic heterocycles. The Morgan fingerprint density at radius 2 is 1.76 bits per heavy atom. The zero-order chi connectivity index (χ0) is 24.2. The fourth-order valence-electron chi connectivity index (χ4n) is 3.65. The van der Waals surface area contributed by atoms with Crippen LogP contribution in [-0.4, -0.2) is 60.9 Å². The highest BCUT2D eigenvalue weighted by atomic mass is 16.5. The van der Waals surface area contributed by atoms with Crippen molar-refractivity contribution in [3.8, 4) is 11.5 Å². The van der Waals surface area contributed by atoms with Crippen molar-refractivity contribution < 1.29 is 19.1 Å². The summed E-state index contributed by atoms with van der Waals surface area (Å²) in [5.41, 5.74) is 2.15. The molecule has 0 saturated heterocycles. The number of para-hydroxylation sites is 1. The zero-order valence-electron chi connectivity index (χ0n) is 20.1. The Morgan fingerprint density at radius 3 is 2.36 bits per heavy atom. The zero-order valence-corrected chi connectivity index (χ0v) is 20.1. The van der Waals surface area contributed by atoms with Crippen LogP contribution in [-0.2, 0) is 4.79 Å². The molecule has 8 nitrogen and oxygen atoms in total. The Hall–Kier alpha value is -3.55. The number of urea groups is 1. The van der Waals surface area contributed by atoms with Gasteiger partial charge in [0.05, 0.1) is 26.0 Å². The summed E-state index contributed by atoms with van der Waals surface area (Å²) < 4.78 is 10.8. The number of carbonyl (C=O) groups is 2. The van der Waals surface area contributed by atoms with Gasteiger partial charge in [-0.3, -0.25) is 4.79 Å². The summed E-state index contributed by atoms with van der Waals surface area (Å²) in [6.07, 6.45) is 0.524. The SMILES string of the molecule is COc1ccc(C2=NN(C(=O)CN(C)C(=O)NC(C)(C)C)C(c3ccccc3OC)C2)cc1. The van der Waals surface area contributed by atoms with Gasteiger partial charge in [-0.2, -0.15) is 5.10 Å². The molecule has 3 rings (SSSR count). The van der Waals surface area contributed by atoms with Crippen LogP contribution in [0.3, 0.4) is 0 Å². The highest BCUT2D eigenvalue weighted by Gasteiger charge is 2.35. The van der Waals surface area contributed by atoms with E-state index < -0.39 is 5.54 Å². The van der Waals surface area contributed by atoms with Crippen LogP contribution in [0.1, 0.15) is 44.4 Å². The predicted molar refractivity (Wildman–Crippen MR) is 128 cm³/mol. The van der Waals surface area contributed by atoms with Crippen molar-refractivity contribution in [2.75, 3.05) is 27.8 Å². The van der Waals surface area contributed by atoms with Crippen LogP contribution in [0.25, 0.3) is 0 Å². The molecule has 0 saturated carbocycles. The summed E-state index contributed by atoms with van der Waals surface area (Å²) in [4.78, 5) is 27.2. The van der Waals surface area contributed by atoms with Gasteiger partial charge in [0.1, 0.15) is 18.0 Å². The molecule has 0 spiro atoms. The molecule has 3 amide bonds. The van der Waals surface area contributed by atoms with Crippen LogP contribution < -0.4 is 14.8 Å². The molecule has 1 unspecified atom stereocenters. The first-order valence-corrected chi connectivity index (χ1v) is 10.8. The van der Waals surface area contributed by atoms with Crippen molar-refractivity contribution in [3.63, 3.8) is 0 Å². The van der Waals surface area contributed by atoms with Gasteiger partial charge in [0, 0.05) is 24.6 Å². The van der Waals surface area contributed by atoms with E-state index in [1.807, 2.05) is 69.3 Å². The molecule has 176 valence electrons. The molecule has 8 heteroatoms. The van der Waals surface area contributed by atoms with Crippen molar-refractivity contribution in [1.82, 2.24) is 15.2 Å². The summed E-state index contributed by atoms with van der Waals surface area (Å²) in [5, 5.41) is 9.02. The van der Waals surface area contributed by atoms with Crippen molar-refractivity contribution in [3.05, 3.63) is 59.7 Å². The van der Waals surface area contributed by atoms with Crippen LogP contribution in [0.15, 0.2) is 53.6 Å². The summed E-state index contributed by atoms with van der Waals surface area (Å²) in [7, 11) is 4.82. The lowest BCUT2D eigenvalue weighted by molar-refractivity contribution is -0.133. The Bertz CT molecular complexity index is 1030. The maximum absolute atomic E-state index is 13.3. The van der Waals surface area contributed by atoms with E-state index in [1.54, 1.807) is 21.3 Å². The fourth-order valence-corrected chi connectivity index (χ4v) is 3.65. The number of carbonyl (C=O) groups excluding carboxylic acids is 2. The Labute approximate surface area is 195 Å². The van der Waals surface area contributed by atoms with Crippen molar-refractivity contribution in [2.24, 2.45) is 5.10 Å². The Kier molecular flexibility index (Phi) is 7.26. The standard InChI is InChI=1S/C25H32N4O4/c1-25(2,3)26-24(31)28(4)16-23(30)29-21(19-9-7-8-10-22(19)33-6)15-20(27-29)17-11-13-18(32-5)14-12-17/h7-14,21H,15-16H2,1-6H3,(H,26,31). The maximum atomic E-state index is 13.3. The summed E-state index contributed by atoms with van der Waals surface area (Å²) in [6, 6.07) is 14.5. The van der Waals surface area contributed by atoms with E-state index in [1.165, 1.54) is 9.91 Å². The maximum Gasteiger partial charge on any atom is 0.318 e. The molecule has 33 heavy (non-hydrogen) atoms. The highest BCUT2D eigenvalue weighted by molar-refractivity contribution is 6.03. The van der Waals surface area contributed by atoms with Gasteiger partial charge in [-0.25, -0.2) is 9.80 Å². The number of ether oxygens (including phenoxy) is 2. The van der Waals surface area contributed by atoms with E-state index >= 15 is 0 Å². The lowest BCUT2D eigenvalue weighted by Gasteiger charge is -2.28. The smallest absolute Gasteiger partial charge is 0.318 e. The van der Waals surface area contributed by atoms with Gasteiger partial charge < -0.3 is 19.7 Å². The van der Waals surface area contributed by atoms with E-state index in [0.717, 1.165) is 22.6 Å². The first kappa shape index (κ1) is 24.1. The van der Waals surface area contributed by atoms with E-state index in [2.05, 4.69) is 10.4 Å². The van der Waals surface area contributed by atoms with Crippen molar-refractivity contribution in [2.45, 2.75) is 38.8 Å². The van der Waals surface area contributed by atoms with Crippen LogP contribution in [0.2, 0.25) is 0 Å². The third-order valence-corrected chi connectivity index (χ3v) is 5.29. The summed E-state index contributed by atoms with van der Waals surface area (Å²) in [5.74, 6) is 1.16. The molecule has 0 bridgehead atoms. The van der Waals surface area contributed by atoms with E-state index in [9.17, 15) is 9.59 Å². The van der Waals surface area contributed by atoms with Gasteiger partial charge in [0.15, 0.2) is 0 Å². The average Bonchev–Trinajstić information content (AvgIpc) is 3.23. The molecule has 1 aliphatic rings. The Morgan fingerprint density at radius 1 is 1.09 bits per heavy atom. The van der Waals surface area contributed by atoms with Gasteiger partial charge in [0.25, 0.3) is 5.91 Å². The van der Waals surface area contributed by atoms with E-state index in [0.29, 0.717) is 12.2 Å². The molecule has 1 heterocycles. The lowest BCUT2D eigenvalue weighted by Crippen LogP contribution is -2.49. The monoisotopic (exact) mass is 452 g/mol. The number of nitrogens with zero attached hydrogens (tertiary/aromatic N) is 3. The molecular formula is C25H32N4O4. The number of rotatable bonds is 6. The quantitative estimate of drug-likeness (QED) is 0.722. The number of methoxy groups -OCH3 is 2. The summed E-state index contributed by atoms with van der Waals surface area (Å²) >= 11 is 0. The first-order valence-electron chi connectivity index (χ1n) is 10.8. The Balaban J connectivity index is 1.89. The number of nitrogens with one attached hydrogen (secondary N) is 1. The van der Waals surface area contributed by atoms with Gasteiger partial charge in [-0.05, 0) is 56.7 Å². The number of likely N-dealkylation sites (N-methyl/N-ethyl adjacent to an activating group) is 1. The second-order valence-corrected chi connectivity index (χ2v) is 9.01. The van der Waals surface area contributed by atoms with E-state index in [4.69, 9.17) is 9.47 Å². The van der Waals surface area contributed by atoms with Gasteiger partial charge >= 0.3 is 6.03 Å². The molecule has 0 radical (unpaired) electrons. The molecule has 1 atom stereocenters. The molecule has 1 N–H and O–H groups in total. The third-order valence-electron chi connectivity index (χ3n) is 5.29. The minimum Gasteiger partial charge on any atom is -0.497 e. The van der Waals surface area contributed by atoms with Crippen LogP contribution >= 0.6 is 0 Å². The minimum absolute atomic E-state index is 0.104. The van der Waals surface area contributed by atoms with Crippen molar-refractivity contribution in [1.29, 1.82) is 0 Å². The van der Waals surface area contributed by atoms with E-state index in [-0.39, 0.29) is 24.5 Å². The van der Waals surface area contributed by atoms with Gasteiger partial charge in [-0.15, -0.1) is 0 Å². The molecule has 2 aromatic carbocycles. The third kappa shape index (κ3) is 5.83. The molecule has 2 aromatic rings. The lowest BCUT2D eigenvalue weighted by atomic mass is 9.97. The van der Waals surface area contributed by atoms with Crippen LogP contribution in [0.5, 0.6) is 11.5 Å². The first-order chi connectivity index (χ1) is 15.6. The molecular weight excluding hydrogens is 420 g/mol. The second-order valence-electron chi connectivity index (χ2n) is 9.01. The number of hydrogen-bond donors (Lipinski definition) is 1. The summed E-state index contributed by atoms with van der Waals surface area (Å²) in [6.45, 7) is 5.57. The highest BCUT2D eigenvalue weighted by Crippen LogP contribution is 2.37. The van der Waals surface area contributed by atoms with Gasteiger partial charge in [-0.1, -0.05) is 18.2 Å². The topological polar surface area (TPSA) is 83.5 Å². The average molecular weight is 453 g/mol. The molecule has 0 fully saturated rings. The second kappa shape index (κ2) is 9.94. The molecule has 0 aliphatic carbocycles. The normalized spacial score (nSPS) is 15.6. The minimum atomic E-state index is -0.401. The molecule has 1 aliphatic heterocycles. The van der Waals surface area contributed by atoms with Gasteiger partial charge in [0.2, 0.25) is 0 Å². The van der Waals surface area contributed by atoms with Crippen LogP contribution in [0.4, 0.5) is 4.79 Å². The number of hydrogen-bond acceptors (Lipinski definition) is 5. The van der Waals surface area contributed by atoms with Crippen molar-refractivity contribution >= 4 is 17.6 Å². The number of amides is 3. The predicted octanol–water partition coefficient (Wildman–Crippen LogP) is 3.82. The van der Waals surface area contributed by atoms with Crippen LogP contribution in [0, 0.1) is 0 Å². The largest absolute Gasteiger partial charge is 0.497 e.